The van der Waals surface area contributed by atoms with Crippen LogP contribution in [0.1, 0.15) is 6.42 Å². The van der Waals surface area contributed by atoms with Gasteiger partial charge in [0, 0.05) is 24.1 Å². The third kappa shape index (κ3) is 4.71. The summed E-state index contributed by atoms with van der Waals surface area (Å²) in [6.07, 6.45) is 2.14. The number of carbonyl (C=O) groups excluding carboxylic acids is 1. The standard InChI is InChI=1S/C14H12Cl2N2OS/c15-11-5-4-10(9-12(11)16)18-13(19)6-8-20-14-3-1-2-7-17-14/h1-5,7,9H,6,8H2,(H,18,19). The van der Waals surface area contributed by atoms with Crippen molar-refractivity contribution in [3.8, 4) is 0 Å². The van der Waals surface area contributed by atoms with Crippen molar-refractivity contribution in [3.05, 3.63) is 52.6 Å². The first-order valence-electron chi connectivity index (χ1n) is 5.94. The molecule has 0 atom stereocenters. The topological polar surface area (TPSA) is 42.0 Å². The van der Waals surface area contributed by atoms with Crippen molar-refractivity contribution in [1.82, 2.24) is 4.98 Å². The van der Waals surface area contributed by atoms with Gasteiger partial charge in [0.05, 0.1) is 15.1 Å². The average molecular weight is 327 g/mol. The van der Waals surface area contributed by atoms with E-state index in [4.69, 9.17) is 23.2 Å². The number of rotatable bonds is 5. The molecule has 20 heavy (non-hydrogen) atoms. The fraction of sp³-hybridized carbons (Fsp3) is 0.143. The van der Waals surface area contributed by atoms with Gasteiger partial charge < -0.3 is 5.32 Å². The minimum Gasteiger partial charge on any atom is -0.326 e. The van der Waals surface area contributed by atoms with Crippen LogP contribution in [0.2, 0.25) is 10.0 Å². The number of benzene rings is 1. The molecule has 0 aliphatic carbocycles. The van der Waals surface area contributed by atoms with E-state index in [-0.39, 0.29) is 5.91 Å². The van der Waals surface area contributed by atoms with Crippen molar-refractivity contribution in [2.24, 2.45) is 0 Å². The number of pyridine rings is 1. The van der Waals surface area contributed by atoms with Crippen LogP contribution < -0.4 is 5.32 Å². The number of nitrogens with zero attached hydrogens (tertiary/aromatic N) is 1. The molecule has 0 radical (unpaired) electrons. The summed E-state index contributed by atoms with van der Waals surface area (Å²) in [6, 6.07) is 10.7. The Balaban J connectivity index is 1.79. The highest BCUT2D eigenvalue weighted by molar-refractivity contribution is 7.99. The Kier molecular flexibility index (Phi) is 5.71. The zero-order valence-corrected chi connectivity index (χ0v) is 12.8. The first-order chi connectivity index (χ1) is 9.65. The van der Waals surface area contributed by atoms with Crippen molar-refractivity contribution >= 4 is 46.6 Å². The Morgan fingerprint density at radius 2 is 2.05 bits per heavy atom. The molecule has 0 aliphatic heterocycles. The molecule has 1 amide bonds. The van der Waals surface area contributed by atoms with E-state index in [0.29, 0.717) is 27.9 Å². The van der Waals surface area contributed by atoms with E-state index < -0.39 is 0 Å². The number of halogens is 2. The van der Waals surface area contributed by atoms with E-state index >= 15 is 0 Å². The molecule has 0 fully saturated rings. The lowest BCUT2D eigenvalue weighted by atomic mass is 10.3. The van der Waals surface area contributed by atoms with Crippen molar-refractivity contribution in [2.75, 3.05) is 11.1 Å². The third-order valence-corrected chi connectivity index (χ3v) is 4.10. The molecule has 0 saturated carbocycles. The summed E-state index contributed by atoms with van der Waals surface area (Å²) in [7, 11) is 0. The maximum atomic E-state index is 11.8. The van der Waals surface area contributed by atoms with Crippen LogP contribution in [0.15, 0.2) is 47.6 Å². The summed E-state index contributed by atoms with van der Waals surface area (Å²) in [6.45, 7) is 0. The number of anilines is 1. The van der Waals surface area contributed by atoms with Gasteiger partial charge in [-0.25, -0.2) is 4.98 Å². The molecule has 3 nitrogen and oxygen atoms in total. The lowest BCUT2D eigenvalue weighted by molar-refractivity contribution is -0.115. The van der Waals surface area contributed by atoms with Crippen LogP contribution in [0.4, 0.5) is 5.69 Å². The minimum absolute atomic E-state index is 0.0631. The number of aromatic nitrogens is 1. The zero-order chi connectivity index (χ0) is 14.4. The summed E-state index contributed by atoms with van der Waals surface area (Å²) in [5.74, 6) is 0.608. The molecule has 1 aromatic carbocycles. The number of hydrogen-bond donors (Lipinski definition) is 1. The van der Waals surface area contributed by atoms with Crippen LogP contribution in [0.5, 0.6) is 0 Å². The predicted molar refractivity (Wildman–Crippen MR) is 84.7 cm³/mol. The van der Waals surface area contributed by atoms with E-state index in [9.17, 15) is 4.79 Å². The van der Waals surface area contributed by atoms with Crippen LogP contribution in [0, 0.1) is 0 Å². The van der Waals surface area contributed by atoms with Gasteiger partial charge >= 0.3 is 0 Å². The minimum atomic E-state index is -0.0631. The van der Waals surface area contributed by atoms with Gasteiger partial charge in [-0.2, -0.15) is 0 Å². The van der Waals surface area contributed by atoms with Crippen LogP contribution in [0.25, 0.3) is 0 Å². The number of nitrogens with one attached hydrogen (secondary N) is 1. The molecule has 0 spiro atoms. The second-order valence-corrected chi connectivity index (χ2v) is 5.87. The zero-order valence-electron chi connectivity index (χ0n) is 10.5. The quantitative estimate of drug-likeness (QED) is 0.822. The summed E-state index contributed by atoms with van der Waals surface area (Å²) < 4.78 is 0. The maximum absolute atomic E-state index is 11.8. The summed E-state index contributed by atoms with van der Waals surface area (Å²) in [5, 5.41) is 4.58. The molecule has 1 aromatic heterocycles. The fourth-order valence-corrected chi connectivity index (χ4v) is 2.58. The van der Waals surface area contributed by atoms with Crippen LogP contribution in [-0.4, -0.2) is 16.6 Å². The SMILES string of the molecule is O=C(CCSc1ccccn1)Nc1ccc(Cl)c(Cl)c1. The van der Waals surface area contributed by atoms with Crippen molar-refractivity contribution in [1.29, 1.82) is 0 Å². The first kappa shape index (κ1) is 15.2. The summed E-state index contributed by atoms with van der Waals surface area (Å²) >= 11 is 13.2. The third-order valence-electron chi connectivity index (χ3n) is 2.42. The smallest absolute Gasteiger partial charge is 0.225 e. The fourth-order valence-electron chi connectivity index (χ4n) is 1.48. The molecule has 6 heteroatoms. The van der Waals surface area contributed by atoms with Gasteiger partial charge in [-0.1, -0.05) is 29.3 Å². The largest absolute Gasteiger partial charge is 0.326 e. The molecule has 104 valence electrons. The van der Waals surface area contributed by atoms with Gasteiger partial charge in [-0.05, 0) is 30.3 Å². The Labute approximate surface area is 131 Å². The molecular weight excluding hydrogens is 315 g/mol. The molecule has 2 rings (SSSR count). The summed E-state index contributed by atoms with van der Waals surface area (Å²) in [5.41, 5.74) is 0.646. The molecule has 1 heterocycles. The van der Waals surface area contributed by atoms with E-state index in [1.165, 1.54) is 0 Å². The van der Waals surface area contributed by atoms with Crippen LogP contribution in [-0.2, 0) is 4.79 Å². The number of carbonyl (C=O) groups is 1. The molecule has 0 bridgehead atoms. The van der Waals surface area contributed by atoms with Gasteiger partial charge in [0.2, 0.25) is 5.91 Å². The molecule has 0 aliphatic rings. The van der Waals surface area contributed by atoms with Gasteiger partial charge in [0.25, 0.3) is 0 Å². The number of amides is 1. The number of hydrogen-bond acceptors (Lipinski definition) is 3. The molecule has 0 unspecified atom stereocenters. The van der Waals surface area contributed by atoms with Gasteiger partial charge in [0.1, 0.15) is 0 Å². The van der Waals surface area contributed by atoms with Gasteiger partial charge in [0.15, 0.2) is 0 Å². The van der Waals surface area contributed by atoms with Gasteiger partial charge in [-0.15, -0.1) is 11.8 Å². The molecular formula is C14H12Cl2N2OS. The van der Waals surface area contributed by atoms with Crippen molar-refractivity contribution in [3.63, 3.8) is 0 Å². The highest BCUT2D eigenvalue weighted by atomic mass is 35.5. The van der Waals surface area contributed by atoms with E-state index in [2.05, 4.69) is 10.3 Å². The molecule has 2 aromatic rings. The Morgan fingerprint density at radius 1 is 1.20 bits per heavy atom. The van der Waals surface area contributed by atoms with Crippen LogP contribution in [0.3, 0.4) is 0 Å². The van der Waals surface area contributed by atoms with Gasteiger partial charge in [-0.3, -0.25) is 4.79 Å². The normalized spacial score (nSPS) is 10.3. The average Bonchev–Trinajstić information content (AvgIpc) is 2.44. The maximum Gasteiger partial charge on any atom is 0.225 e. The van der Waals surface area contributed by atoms with Crippen molar-refractivity contribution < 1.29 is 4.79 Å². The van der Waals surface area contributed by atoms with E-state index in [1.807, 2.05) is 18.2 Å². The van der Waals surface area contributed by atoms with Crippen LogP contribution >= 0.6 is 35.0 Å². The second kappa shape index (κ2) is 7.53. The first-order valence-corrected chi connectivity index (χ1v) is 7.68. The highest BCUT2D eigenvalue weighted by Gasteiger charge is 2.05. The molecule has 1 N–H and O–H groups in total. The molecule has 0 saturated heterocycles. The monoisotopic (exact) mass is 326 g/mol. The second-order valence-electron chi connectivity index (χ2n) is 3.94. The highest BCUT2D eigenvalue weighted by Crippen LogP contribution is 2.25. The Bertz CT molecular complexity index is 593. The lowest BCUT2D eigenvalue weighted by Crippen LogP contribution is -2.12. The van der Waals surface area contributed by atoms with Crippen molar-refractivity contribution in [2.45, 2.75) is 11.4 Å². The number of thioether (sulfide) groups is 1. The lowest BCUT2D eigenvalue weighted by Gasteiger charge is -2.06. The Hall–Kier alpha value is -1.23. The van der Waals surface area contributed by atoms with E-state index in [1.54, 1.807) is 36.2 Å². The van der Waals surface area contributed by atoms with E-state index in [0.717, 1.165) is 5.03 Å². The predicted octanol–water partition coefficient (Wildman–Crippen LogP) is 4.51. The Morgan fingerprint density at radius 3 is 2.75 bits per heavy atom. The summed E-state index contributed by atoms with van der Waals surface area (Å²) in [4.78, 5) is 16.0.